The topological polar surface area (TPSA) is 26.3 Å². The molecule has 0 saturated heterocycles. The normalized spacial score (nSPS) is 11.1. The van der Waals surface area contributed by atoms with Gasteiger partial charge in [-0.15, -0.1) is 0 Å². The fraction of sp³-hybridized carbons (Fsp3) is 0.444. The van der Waals surface area contributed by atoms with Crippen LogP contribution < -0.4 is 0 Å². The van der Waals surface area contributed by atoms with E-state index < -0.39 is 0 Å². The van der Waals surface area contributed by atoms with E-state index in [1.807, 2.05) is 19.1 Å². The van der Waals surface area contributed by atoms with Crippen LogP contribution in [0.1, 0.15) is 19.8 Å². The third-order valence-electron chi connectivity index (χ3n) is 1.19. The minimum Gasteiger partial charge on any atom is -0.466 e. The van der Waals surface area contributed by atoms with Crippen molar-refractivity contribution in [3.05, 3.63) is 24.3 Å². The van der Waals surface area contributed by atoms with Gasteiger partial charge in [-0.05, 0) is 19.8 Å². The van der Waals surface area contributed by atoms with Crippen molar-refractivity contribution >= 4 is 5.97 Å². The van der Waals surface area contributed by atoms with E-state index in [0.717, 1.165) is 12.8 Å². The van der Waals surface area contributed by atoms with E-state index >= 15 is 0 Å². The van der Waals surface area contributed by atoms with Crippen LogP contribution in [0.2, 0.25) is 0 Å². The van der Waals surface area contributed by atoms with Crippen LogP contribution in [-0.2, 0) is 9.53 Å². The maximum Gasteiger partial charge on any atom is 0.330 e. The molecule has 0 amide bonds. The minimum atomic E-state index is -0.287. The Bertz CT molecular complexity index is 157. The average molecular weight is 154 g/mol. The van der Waals surface area contributed by atoms with Gasteiger partial charge in [0.05, 0.1) is 7.11 Å². The van der Waals surface area contributed by atoms with Gasteiger partial charge in [0.25, 0.3) is 0 Å². The van der Waals surface area contributed by atoms with E-state index in [1.54, 1.807) is 0 Å². The Labute approximate surface area is 67.6 Å². The molecule has 0 radical (unpaired) electrons. The van der Waals surface area contributed by atoms with Gasteiger partial charge in [-0.2, -0.15) is 0 Å². The van der Waals surface area contributed by atoms with Crippen LogP contribution >= 0.6 is 0 Å². The zero-order valence-electron chi connectivity index (χ0n) is 7.04. The third kappa shape index (κ3) is 6.84. The Morgan fingerprint density at radius 2 is 2.00 bits per heavy atom. The van der Waals surface area contributed by atoms with Crippen LogP contribution in [0.15, 0.2) is 24.3 Å². The summed E-state index contributed by atoms with van der Waals surface area (Å²) in [5.74, 6) is -0.287. The van der Waals surface area contributed by atoms with Crippen molar-refractivity contribution in [1.29, 1.82) is 0 Å². The number of carbonyl (C=O) groups excluding carboxylic acids is 1. The van der Waals surface area contributed by atoms with Crippen LogP contribution in [0.3, 0.4) is 0 Å². The van der Waals surface area contributed by atoms with Gasteiger partial charge in [-0.25, -0.2) is 4.79 Å². The Hall–Kier alpha value is -1.05. The highest BCUT2D eigenvalue weighted by Gasteiger charge is 1.87. The number of esters is 1. The molecule has 0 rings (SSSR count). The van der Waals surface area contributed by atoms with E-state index in [1.165, 1.54) is 13.2 Å². The SMILES string of the molecule is CC=CCCC=CC(=O)OC. The molecule has 0 aliphatic rings. The highest BCUT2D eigenvalue weighted by Crippen LogP contribution is 1.92. The lowest BCUT2D eigenvalue weighted by Crippen LogP contribution is -1.93. The fourth-order valence-electron chi connectivity index (χ4n) is 0.607. The van der Waals surface area contributed by atoms with Crippen LogP contribution in [0.25, 0.3) is 0 Å². The number of unbranched alkanes of at least 4 members (excludes halogenated alkanes) is 1. The molecule has 0 heterocycles. The molecule has 0 fully saturated rings. The second kappa shape index (κ2) is 7.06. The first-order chi connectivity index (χ1) is 5.31. The first kappa shape index (κ1) is 9.95. The second-order valence-corrected chi connectivity index (χ2v) is 2.07. The van der Waals surface area contributed by atoms with Gasteiger partial charge in [0.1, 0.15) is 0 Å². The molecule has 0 aromatic carbocycles. The maximum atomic E-state index is 10.5. The van der Waals surface area contributed by atoms with Crippen molar-refractivity contribution in [3.8, 4) is 0 Å². The van der Waals surface area contributed by atoms with Crippen LogP contribution in [0.5, 0.6) is 0 Å². The first-order valence-corrected chi connectivity index (χ1v) is 3.67. The first-order valence-electron chi connectivity index (χ1n) is 3.67. The summed E-state index contributed by atoms with van der Waals surface area (Å²) in [6.45, 7) is 1.98. The summed E-state index contributed by atoms with van der Waals surface area (Å²) in [6, 6.07) is 0. The van der Waals surface area contributed by atoms with Crippen molar-refractivity contribution in [2.24, 2.45) is 0 Å². The lowest BCUT2D eigenvalue weighted by atomic mass is 10.3. The van der Waals surface area contributed by atoms with E-state index in [9.17, 15) is 4.79 Å². The highest BCUT2D eigenvalue weighted by atomic mass is 16.5. The molecule has 0 saturated carbocycles. The van der Waals surface area contributed by atoms with Crippen molar-refractivity contribution in [3.63, 3.8) is 0 Å². The predicted molar refractivity (Wildman–Crippen MR) is 45.2 cm³/mol. The number of allylic oxidation sites excluding steroid dienone is 3. The lowest BCUT2D eigenvalue weighted by Gasteiger charge is -1.88. The molecule has 0 spiro atoms. The molecule has 62 valence electrons. The number of hydrogen-bond acceptors (Lipinski definition) is 2. The fourth-order valence-corrected chi connectivity index (χ4v) is 0.607. The van der Waals surface area contributed by atoms with Gasteiger partial charge in [-0.1, -0.05) is 18.2 Å². The van der Waals surface area contributed by atoms with E-state index in [4.69, 9.17) is 0 Å². The van der Waals surface area contributed by atoms with Gasteiger partial charge >= 0.3 is 5.97 Å². The van der Waals surface area contributed by atoms with Crippen molar-refractivity contribution in [1.82, 2.24) is 0 Å². The number of hydrogen-bond donors (Lipinski definition) is 0. The summed E-state index contributed by atoms with van der Waals surface area (Å²) in [5, 5.41) is 0. The van der Waals surface area contributed by atoms with Crippen molar-refractivity contribution in [2.75, 3.05) is 7.11 Å². The molecular weight excluding hydrogens is 140 g/mol. The molecule has 0 bridgehead atoms. The van der Waals surface area contributed by atoms with E-state index in [-0.39, 0.29) is 5.97 Å². The summed E-state index contributed by atoms with van der Waals surface area (Å²) in [6.07, 6.45) is 9.17. The molecule has 0 unspecified atom stereocenters. The largest absolute Gasteiger partial charge is 0.466 e. The quantitative estimate of drug-likeness (QED) is 0.268. The van der Waals surface area contributed by atoms with Gasteiger partial charge in [0, 0.05) is 6.08 Å². The molecule has 0 aliphatic carbocycles. The number of methoxy groups -OCH3 is 1. The van der Waals surface area contributed by atoms with Crippen molar-refractivity contribution < 1.29 is 9.53 Å². The predicted octanol–water partition coefficient (Wildman–Crippen LogP) is 2.07. The zero-order chi connectivity index (χ0) is 8.53. The van der Waals surface area contributed by atoms with Crippen LogP contribution in [0, 0.1) is 0 Å². The standard InChI is InChI=1S/C9H14O2/c1-3-4-5-6-7-8-9(10)11-2/h3-4,7-8H,5-6H2,1-2H3. The highest BCUT2D eigenvalue weighted by molar-refractivity contribution is 5.81. The Morgan fingerprint density at radius 1 is 1.36 bits per heavy atom. The molecule has 0 aromatic heterocycles. The molecule has 0 N–H and O–H groups in total. The molecule has 11 heavy (non-hydrogen) atoms. The molecule has 0 aromatic rings. The smallest absolute Gasteiger partial charge is 0.330 e. The number of rotatable bonds is 4. The molecule has 0 atom stereocenters. The maximum absolute atomic E-state index is 10.5. The van der Waals surface area contributed by atoms with Gasteiger partial charge in [-0.3, -0.25) is 0 Å². The number of carbonyl (C=O) groups is 1. The monoisotopic (exact) mass is 154 g/mol. The summed E-state index contributed by atoms with van der Waals surface area (Å²) >= 11 is 0. The number of ether oxygens (including phenoxy) is 1. The third-order valence-corrected chi connectivity index (χ3v) is 1.19. The summed E-state index contributed by atoms with van der Waals surface area (Å²) in [4.78, 5) is 10.5. The van der Waals surface area contributed by atoms with Crippen LogP contribution in [0.4, 0.5) is 0 Å². The Kier molecular flexibility index (Phi) is 6.39. The summed E-state index contributed by atoms with van der Waals surface area (Å²) in [7, 11) is 1.37. The average Bonchev–Trinajstić information content (AvgIpc) is 2.04. The van der Waals surface area contributed by atoms with Gasteiger partial charge in [0.15, 0.2) is 0 Å². The van der Waals surface area contributed by atoms with Crippen LogP contribution in [-0.4, -0.2) is 13.1 Å². The van der Waals surface area contributed by atoms with Crippen molar-refractivity contribution in [2.45, 2.75) is 19.8 Å². The Balaban J connectivity index is 3.37. The Morgan fingerprint density at radius 3 is 2.55 bits per heavy atom. The minimum absolute atomic E-state index is 0.287. The van der Waals surface area contributed by atoms with Gasteiger partial charge < -0.3 is 4.74 Å². The molecule has 0 aliphatic heterocycles. The molecular formula is C9H14O2. The molecule has 2 nitrogen and oxygen atoms in total. The second-order valence-electron chi connectivity index (χ2n) is 2.07. The van der Waals surface area contributed by atoms with Gasteiger partial charge in [0.2, 0.25) is 0 Å². The summed E-state index contributed by atoms with van der Waals surface area (Å²) < 4.78 is 4.41. The summed E-state index contributed by atoms with van der Waals surface area (Å²) in [5.41, 5.74) is 0. The van der Waals surface area contributed by atoms with E-state index in [0.29, 0.717) is 0 Å². The van der Waals surface area contributed by atoms with E-state index in [2.05, 4.69) is 10.8 Å². The molecule has 2 heteroatoms. The lowest BCUT2D eigenvalue weighted by molar-refractivity contribution is -0.134. The zero-order valence-corrected chi connectivity index (χ0v) is 7.04.